The van der Waals surface area contributed by atoms with E-state index in [0.717, 1.165) is 0 Å². The molecule has 13 heteroatoms. The molecular formula is C15H13Cl3N4O5S. The molecule has 0 fully saturated rings. The average molecular weight is 468 g/mol. The molecule has 0 bridgehead atoms. The highest BCUT2D eigenvalue weighted by Gasteiger charge is 2.35. The number of nitro benzene ring substituents is 1. The Bertz CT molecular complexity index is 993. The molecule has 1 atom stereocenters. The molecule has 2 aromatic carbocycles. The normalized spacial score (nSPS) is 12.9. The summed E-state index contributed by atoms with van der Waals surface area (Å²) in [5.41, 5.74) is -0.342. The monoisotopic (exact) mass is 466 g/mol. The second kappa shape index (κ2) is 8.50. The van der Waals surface area contributed by atoms with Crippen LogP contribution in [0.3, 0.4) is 0 Å². The van der Waals surface area contributed by atoms with Gasteiger partial charge in [0.05, 0.1) is 9.82 Å². The molecular weight excluding hydrogens is 455 g/mol. The summed E-state index contributed by atoms with van der Waals surface area (Å²) in [6, 6.07) is 10.4. The lowest BCUT2D eigenvalue weighted by atomic mass is 10.1. The second-order valence-corrected chi connectivity index (χ2v) is 9.37. The Morgan fingerprint density at radius 1 is 1.11 bits per heavy atom. The van der Waals surface area contributed by atoms with E-state index in [-0.39, 0.29) is 10.5 Å². The first-order chi connectivity index (χ1) is 12.9. The molecule has 0 spiro atoms. The summed E-state index contributed by atoms with van der Waals surface area (Å²) >= 11 is 17.7. The molecule has 9 nitrogen and oxygen atoms in total. The predicted molar refractivity (Wildman–Crippen MR) is 106 cm³/mol. The third kappa shape index (κ3) is 5.69. The van der Waals surface area contributed by atoms with Crippen molar-refractivity contribution in [2.75, 3.05) is 5.32 Å². The van der Waals surface area contributed by atoms with E-state index in [2.05, 4.69) is 10.6 Å². The first-order valence-corrected chi connectivity index (χ1v) is 10.1. The Morgan fingerprint density at radius 2 is 1.68 bits per heavy atom. The van der Waals surface area contributed by atoms with Crippen LogP contribution in [-0.4, -0.2) is 29.2 Å². The topological polar surface area (TPSA) is 144 Å². The molecule has 0 heterocycles. The van der Waals surface area contributed by atoms with Crippen molar-refractivity contribution in [2.24, 2.45) is 5.14 Å². The van der Waals surface area contributed by atoms with Crippen molar-refractivity contribution in [3.05, 3.63) is 64.2 Å². The number of halogens is 3. The zero-order chi connectivity index (χ0) is 21.1. The Balaban J connectivity index is 2.26. The predicted octanol–water partition coefficient (Wildman–Crippen LogP) is 2.78. The van der Waals surface area contributed by atoms with Crippen molar-refractivity contribution in [1.82, 2.24) is 5.32 Å². The quantitative estimate of drug-likeness (QED) is 0.258. The van der Waals surface area contributed by atoms with E-state index in [1.807, 2.05) is 0 Å². The van der Waals surface area contributed by atoms with Gasteiger partial charge >= 0.3 is 0 Å². The van der Waals surface area contributed by atoms with Crippen LogP contribution in [0.25, 0.3) is 0 Å². The fourth-order valence-electron chi connectivity index (χ4n) is 2.14. The Labute approximate surface area is 175 Å². The van der Waals surface area contributed by atoms with Gasteiger partial charge in [0.15, 0.2) is 0 Å². The van der Waals surface area contributed by atoms with Crippen LogP contribution < -0.4 is 15.8 Å². The van der Waals surface area contributed by atoms with Gasteiger partial charge in [-0.1, -0.05) is 46.9 Å². The molecule has 0 unspecified atom stereocenters. The minimum absolute atomic E-state index is 0.132. The molecule has 150 valence electrons. The summed E-state index contributed by atoms with van der Waals surface area (Å²) in [5.74, 6) is -0.850. The van der Waals surface area contributed by atoms with Crippen LogP contribution in [0.5, 0.6) is 0 Å². The number of amides is 1. The van der Waals surface area contributed by atoms with E-state index in [4.69, 9.17) is 39.9 Å². The Morgan fingerprint density at radius 3 is 2.18 bits per heavy atom. The maximum Gasteiger partial charge on any atom is 0.282 e. The lowest BCUT2D eigenvalue weighted by Gasteiger charge is -2.27. The number of nitrogens with one attached hydrogen (secondary N) is 2. The average Bonchev–Trinajstić information content (AvgIpc) is 2.60. The van der Waals surface area contributed by atoms with Crippen LogP contribution >= 0.6 is 34.8 Å². The molecule has 28 heavy (non-hydrogen) atoms. The van der Waals surface area contributed by atoms with Crippen LogP contribution in [-0.2, 0) is 10.0 Å². The summed E-state index contributed by atoms with van der Waals surface area (Å²) < 4.78 is 20.6. The van der Waals surface area contributed by atoms with Crippen LogP contribution in [0.1, 0.15) is 10.4 Å². The summed E-state index contributed by atoms with van der Waals surface area (Å²) in [6.45, 7) is 0. The fraction of sp³-hybridized carbons (Fsp3) is 0.133. The van der Waals surface area contributed by atoms with Gasteiger partial charge < -0.3 is 10.6 Å². The van der Waals surface area contributed by atoms with Crippen LogP contribution in [0.15, 0.2) is 53.4 Å². The first-order valence-electron chi connectivity index (χ1n) is 7.40. The summed E-state index contributed by atoms with van der Waals surface area (Å²) in [4.78, 5) is 22.7. The Hall–Kier alpha value is -2.11. The van der Waals surface area contributed by atoms with Crippen molar-refractivity contribution >= 4 is 62.1 Å². The number of nitrogens with zero attached hydrogens (tertiary/aromatic N) is 1. The number of carbonyl (C=O) groups excluding carboxylic acids is 1. The number of primary sulfonamides is 1. The summed E-state index contributed by atoms with van der Waals surface area (Å²) in [6.07, 6.45) is -1.30. The van der Waals surface area contributed by atoms with E-state index in [0.29, 0.717) is 5.69 Å². The van der Waals surface area contributed by atoms with Gasteiger partial charge in [0.2, 0.25) is 13.8 Å². The Kier molecular flexibility index (Phi) is 6.73. The van der Waals surface area contributed by atoms with Crippen molar-refractivity contribution in [1.29, 1.82) is 0 Å². The highest BCUT2D eigenvalue weighted by Crippen LogP contribution is 2.32. The number of hydrogen-bond donors (Lipinski definition) is 3. The van der Waals surface area contributed by atoms with Crippen LogP contribution in [0, 0.1) is 10.1 Å². The van der Waals surface area contributed by atoms with Gasteiger partial charge in [-0.2, -0.15) is 0 Å². The molecule has 2 aromatic rings. The molecule has 0 saturated carbocycles. The van der Waals surface area contributed by atoms with Gasteiger partial charge in [0, 0.05) is 11.8 Å². The van der Waals surface area contributed by atoms with Crippen molar-refractivity contribution in [3.8, 4) is 0 Å². The van der Waals surface area contributed by atoms with Crippen LogP contribution in [0.2, 0.25) is 0 Å². The second-order valence-electron chi connectivity index (χ2n) is 5.44. The van der Waals surface area contributed by atoms with Gasteiger partial charge in [-0.15, -0.1) is 0 Å². The summed E-state index contributed by atoms with van der Waals surface area (Å²) in [7, 11) is -3.88. The molecule has 0 saturated heterocycles. The maximum absolute atomic E-state index is 12.5. The number of hydrogen-bond acceptors (Lipinski definition) is 6. The van der Waals surface area contributed by atoms with Crippen LogP contribution in [0.4, 0.5) is 11.4 Å². The number of para-hydroxylation sites is 1. The molecule has 0 aromatic heterocycles. The van der Waals surface area contributed by atoms with Crippen molar-refractivity contribution in [3.63, 3.8) is 0 Å². The SMILES string of the molecule is NS(=O)(=O)c1ccc(N[C@@H](NC(=O)c2ccccc2[N+](=O)[O-])C(Cl)(Cl)Cl)cc1. The number of rotatable bonds is 6. The lowest BCUT2D eigenvalue weighted by molar-refractivity contribution is -0.385. The maximum atomic E-state index is 12.5. The highest BCUT2D eigenvalue weighted by molar-refractivity contribution is 7.89. The molecule has 0 aliphatic heterocycles. The smallest absolute Gasteiger partial charge is 0.282 e. The lowest BCUT2D eigenvalue weighted by Crippen LogP contribution is -2.49. The molecule has 2 rings (SSSR count). The number of anilines is 1. The van der Waals surface area contributed by atoms with Gasteiger partial charge in [-0.05, 0) is 30.3 Å². The van der Waals surface area contributed by atoms with Gasteiger partial charge in [-0.25, -0.2) is 13.6 Å². The third-order valence-electron chi connectivity index (χ3n) is 3.44. The number of nitrogens with two attached hydrogens (primary N) is 1. The largest absolute Gasteiger partial charge is 0.362 e. The van der Waals surface area contributed by atoms with Crippen molar-refractivity contribution < 1.29 is 18.1 Å². The number of sulfonamides is 1. The molecule has 0 aliphatic rings. The molecule has 0 radical (unpaired) electrons. The molecule has 1 amide bonds. The van der Waals surface area contributed by atoms with Gasteiger partial charge in [0.1, 0.15) is 11.7 Å². The molecule has 4 N–H and O–H groups in total. The molecule has 0 aliphatic carbocycles. The fourth-order valence-corrected chi connectivity index (χ4v) is 2.98. The van der Waals surface area contributed by atoms with E-state index in [9.17, 15) is 23.3 Å². The third-order valence-corrected chi connectivity index (χ3v) is 5.03. The standard InChI is InChI=1S/C15H13Cl3N4O5S/c16-15(17,18)14(20-9-5-7-10(8-6-9)28(19,26)27)21-13(23)11-3-1-2-4-12(11)22(24)25/h1-8,14,20H,(H,21,23)(H2,19,26,27)/t14-/m0/s1. The highest BCUT2D eigenvalue weighted by atomic mass is 35.6. The summed E-state index contributed by atoms with van der Waals surface area (Å²) in [5, 5.41) is 21.2. The number of nitro groups is 1. The van der Waals surface area contributed by atoms with E-state index >= 15 is 0 Å². The van der Waals surface area contributed by atoms with E-state index < -0.39 is 36.5 Å². The first kappa shape index (κ1) is 22.2. The number of benzene rings is 2. The zero-order valence-corrected chi connectivity index (χ0v) is 16.9. The van der Waals surface area contributed by atoms with E-state index in [1.165, 1.54) is 48.5 Å². The minimum Gasteiger partial charge on any atom is -0.362 e. The number of carbonyl (C=O) groups is 1. The minimum atomic E-state index is -3.88. The van der Waals surface area contributed by atoms with E-state index in [1.54, 1.807) is 0 Å². The van der Waals surface area contributed by atoms with Crippen molar-refractivity contribution in [2.45, 2.75) is 14.9 Å². The van der Waals surface area contributed by atoms with Gasteiger partial charge in [-0.3, -0.25) is 14.9 Å². The zero-order valence-electron chi connectivity index (χ0n) is 13.8. The number of alkyl halides is 3. The van der Waals surface area contributed by atoms with Gasteiger partial charge in [0.25, 0.3) is 11.6 Å².